The maximum atomic E-state index is 12.1. The molecule has 3 rings (SSSR count). The van der Waals surface area contributed by atoms with Gasteiger partial charge in [-0.1, -0.05) is 0 Å². The van der Waals surface area contributed by atoms with Crippen molar-refractivity contribution in [2.45, 2.75) is 6.92 Å². The number of carbonyl (C=O) groups excluding carboxylic acids is 2. The molecule has 7 N–H and O–H groups in total. The van der Waals surface area contributed by atoms with E-state index >= 15 is 0 Å². The number of hydrogen-bond acceptors (Lipinski definition) is 9. The van der Waals surface area contributed by atoms with E-state index in [2.05, 4.69) is 20.3 Å². The first-order valence-corrected chi connectivity index (χ1v) is 7.60. The van der Waals surface area contributed by atoms with Gasteiger partial charge >= 0.3 is 11.4 Å². The van der Waals surface area contributed by atoms with Gasteiger partial charge in [-0.2, -0.15) is 15.0 Å². The minimum absolute atomic E-state index is 0.217. The fourth-order valence-corrected chi connectivity index (χ4v) is 1.58. The first-order valence-electron chi connectivity index (χ1n) is 7.60. The van der Waals surface area contributed by atoms with Gasteiger partial charge in [0.15, 0.2) is 11.6 Å². The molecule has 15 heteroatoms. The number of carbonyl (C=O) groups is 2. The smallest absolute Gasteiger partial charge is 0.346 e. The minimum atomic E-state index is -0.713. The van der Waals surface area contributed by atoms with Crippen molar-refractivity contribution >= 4 is 29.4 Å². The highest BCUT2D eigenvalue weighted by molar-refractivity contribution is 6.06. The zero-order chi connectivity index (χ0) is 22.1. The van der Waals surface area contributed by atoms with E-state index in [0.717, 1.165) is 12.4 Å². The molecule has 0 saturated carbocycles. The number of rotatable bonds is 0. The van der Waals surface area contributed by atoms with Gasteiger partial charge in [-0.3, -0.25) is 24.9 Å². The molecule has 1 aliphatic heterocycles. The van der Waals surface area contributed by atoms with Gasteiger partial charge in [0.05, 0.1) is 12.4 Å². The van der Waals surface area contributed by atoms with E-state index in [1.54, 1.807) is 11.9 Å². The van der Waals surface area contributed by atoms with Crippen LogP contribution in [-0.4, -0.2) is 56.2 Å². The van der Waals surface area contributed by atoms with Gasteiger partial charge in [0.1, 0.15) is 18.2 Å². The number of aromatic nitrogens is 4. The Balaban J connectivity index is 0.000000219. The average molecular weight is 413 g/mol. The van der Waals surface area contributed by atoms with Crippen LogP contribution in [0.1, 0.15) is 6.92 Å². The number of nitrogens with two attached hydrogens (primary N) is 2. The van der Waals surface area contributed by atoms with Crippen molar-refractivity contribution in [2.75, 3.05) is 25.1 Å². The Bertz CT molecular complexity index is 977. The minimum Gasteiger partial charge on any atom is -0.383 e. The van der Waals surface area contributed by atoms with Crippen LogP contribution in [0.4, 0.5) is 20.4 Å². The van der Waals surface area contributed by atoms with Gasteiger partial charge in [0.2, 0.25) is 11.9 Å². The topological polar surface area (TPSA) is 205 Å². The summed E-state index contributed by atoms with van der Waals surface area (Å²) in [6, 6.07) is 0. The maximum Gasteiger partial charge on any atom is 0.346 e. The Morgan fingerprint density at radius 1 is 1.07 bits per heavy atom. The van der Waals surface area contributed by atoms with E-state index in [0.29, 0.717) is 5.96 Å². The van der Waals surface area contributed by atoms with Gasteiger partial charge < -0.3 is 16.4 Å². The summed E-state index contributed by atoms with van der Waals surface area (Å²) in [4.78, 5) is 56.9. The predicted octanol–water partition coefficient (Wildman–Crippen LogP) is -2.07. The number of aliphatic imine (C=N–C) groups is 1. The Kier molecular flexibility index (Phi) is 8.07. The van der Waals surface area contributed by atoms with E-state index in [4.69, 9.17) is 11.5 Å². The lowest BCUT2D eigenvalue weighted by Gasteiger charge is -2.11. The Morgan fingerprint density at radius 2 is 1.52 bits per heavy atom. The average Bonchev–Trinajstić information content (AvgIpc) is 2.93. The van der Waals surface area contributed by atoms with Gasteiger partial charge in [-0.15, -0.1) is 0 Å². The summed E-state index contributed by atoms with van der Waals surface area (Å²) in [6.45, 7) is 1.62. The fourth-order valence-electron chi connectivity index (χ4n) is 1.58. The third kappa shape index (κ3) is 7.94. The number of anilines is 2. The second-order valence-corrected chi connectivity index (χ2v) is 5.27. The van der Waals surface area contributed by atoms with Gasteiger partial charge in [-0.25, -0.2) is 18.4 Å². The molecule has 0 aromatic carbocycles. The number of nitrogen functional groups attached to an aromatic ring is 2. The molecule has 0 atom stereocenters. The second-order valence-electron chi connectivity index (χ2n) is 5.27. The zero-order valence-electron chi connectivity index (χ0n) is 15.2. The third-order valence-corrected chi connectivity index (χ3v) is 2.84. The number of hydrogen-bond donors (Lipinski definition) is 5. The molecule has 2 aromatic rings. The summed E-state index contributed by atoms with van der Waals surface area (Å²) in [5, 5.41) is 2.44. The van der Waals surface area contributed by atoms with Crippen LogP contribution in [-0.2, 0) is 9.59 Å². The molecule has 2 amide bonds. The first-order chi connectivity index (χ1) is 13.5. The number of nitrogens with one attached hydrogen (secondary N) is 3. The van der Waals surface area contributed by atoms with Crippen LogP contribution in [0.25, 0.3) is 0 Å². The van der Waals surface area contributed by atoms with Gasteiger partial charge in [-0.05, 0) is 0 Å². The molecule has 0 spiro atoms. The quantitative estimate of drug-likeness (QED) is 0.321. The fraction of sp³-hybridized carbons (Fsp3) is 0.214. The molecule has 0 unspecified atom stereocenters. The van der Waals surface area contributed by atoms with Crippen molar-refractivity contribution in [2.24, 2.45) is 4.99 Å². The van der Waals surface area contributed by atoms with Crippen LogP contribution < -0.4 is 28.2 Å². The lowest BCUT2D eigenvalue weighted by Crippen LogP contribution is -2.38. The second kappa shape index (κ2) is 10.2. The molecule has 0 bridgehead atoms. The third-order valence-electron chi connectivity index (χ3n) is 2.84. The summed E-state index contributed by atoms with van der Waals surface area (Å²) in [5.74, 6) is -2.10. The monoisotopic (exact) mass is 413 g/mol. The highest BCUT2D eigenvalue weighted by Crippen LogP contribution is 1.98. The predicted molar refractivity (Wildman–Crippen MR) is 97.3 cm³/mol. The number of halogens is 2. The summed E-state index contributed by atoms with van der Waals surface area (Å²) in [7, 11) is 1.69. The van der Waals surface area contributed by atoms with Crippen molar-refractivity contribution in [3.05, 3.63) is 45.0 Å². The zero-order valence-corrected chi connectivity index (χ0v) is 15.2. The normalized spacial score (nSPS) is 12.2. The summed E-state index contributed by atoms with van der Waals surface area (Å²) in [6.07, 6.45) is 1.54. The molecular formula is C14H17F2N9O4. The largest absolute Gasteiger partial charge is 0.383 e. The molecule has 1 aliphatic rings. The molecule has 3 heterocycles. The molecular weight excluding hydrogens is 396 g/mol. The Morgan fingerprint density at radius 3 is 1.79 bits per heavy atom. The van der Waals surface area contributed by atoms with Crippen molar-refractivity contribution in [3.8, 4) is 0 Å². The molecule has 156 valence electrons. The summed E-state index contributed by atoms with van der Waals surface area (Å²) < 4.78 is 24.3. The Hall–Kier alpha value is -4.17. The molecule has 2 aromatic heterocycles. The van der Waals surface area contributed by atoms with Crippen molar-refractivity contribution in [1.29, 1.82) is 0 Å². The Labute approximate surface area is 160 Å². The van der Waals surface area contributed by atoms with Crippen LogP contribution in [0.2, 0.25) is 0 Å². The molecule has 0 aliphatic carbocycles. The number of guanidine groups is 1. The van der Waals surface area contributed by atoms with Crippen LogP contribution in [0.3, 0.4) is 0 Å². The first kappa shape index (κ1) is 22.9. The molecule has 0 fully saturated rings. The number of amides is 2. The number of H-pyrrole nitrogens is 2. The molecule has 0 radical (unpaired) electrons. The van der Waals surface area contributed by atoms with Crippen LogP contribution in [0, 0.1) is 11.6 Å². The lowest BCUT2D eigenvalue weighted by atomic mass is 10.6. The summed E-state index contributed by atoms with van der Waals surface area (Å²) in [5.41, 5.74) is 8.61. The molecule has 0 saturated heterocycles. The number of aromatic amines is 2. The van der Waals surface area contributed by atoms with E-state index in [-0.39, 0.29) is 30.0 Å². The van der Waals surface area contributed by atoms with Crippen molar-refractivity contribution < 1.29 is 18.4 Å². The van der Waals surface area contributed by atoms with Crippen LogP contribution in [0.5, 0.6) is 0 Å². The SMILES string of the molecule is CC(=O)NC1=NC(=O)CN1C.Nc1[nH]c(=O)ncc1F.Nc1[nH]c(=O)ncc1F. The maximum absolute atomic E-state index is 12.1. The standard InChI is InChI=1S/C6H9N3O2.2C4H4FN3O/c1-4(10)7-6-8-5(11)3-9(6)2;2*5-2-1-7-4(9)8-3(2)6/h3H2,1-2H3,(H,7,8,10,11);2*1H,(H3,6,7,8,9). The highest BCUT2D eigenvalue weighted by Gasteiger charge is 2.19. The van der Waals surface area contributed by atoms with Gasteiger partial charge in [0, 0.05) is 14.0 Å². The molecule has 29 heavy (non-hydrogen) atoms. The van der Waals surface area contributed by atoms with Crippen LogP contribution >= 0.6 is 0 Å². The van der Waals surface area contributed by atoms with Gasteiger partial charge in [0.25, 0.3) is 5.91 Å². The van der Waals surface area contributed by atoms with Crippen LogP contribution in [0.15, 0.2) is 27.0 Å². The van der Waals surface area contributed by atoms with E-state index in [1.165, 1.54) is 6.92 Å². The van der Waals surface area contributed by atoms with Crippen molar-refractivity contribution in [1.82, 2.24) is 30.2 Å². The summed E-state index contributed by atoms with van der Waals surface area (Å²) >= 11 is 0. The highest BCUT2D eigenvalue weighted by atomic mass is 19.1. The lowest BCUT2D eigenvalue weighted by molar-refractivity contribution is -0.118. The van der Waals surface area contributed by atoms with E-state index < -0.39 is 23.0 Å². The molecule has 13 nitrogen and oxygen atoms in total. The van der Waals surface area contributed by atoms with E-state index in [1.807, 2.05) is 9.97 Å². The number of likely N-dealkylation sites (N-methyl/N-ethyl adjacent to an activating group) is 1. The number of nitrogens with zero attached hydrogens (tertiary/aromatic N) is 4. The van der Waals surface area contributed by atoms with E-state index in [9.17, 15) is 28.0 Å². The van der Waals surface area contributed by atoms with Crippen molar-refractivity contribution in [3.63, 3.8) is 0 Å².